The van der Waals surface area contributed by atoms with Crippen molar-refractivity contribution < 1.29 is 19.2 Å². The second kappa shape index (κ2) is 9.35. The maximum Gasteiger partial charge on any atom is 0.282 e. The summed E-state index contributed by atoms with van der Waals surface area (Å²) in [6, 6.07) is 14.1. The standard InChI is InChI=1S/C19H22BrN3O3/c1-13(19(25)22-15-9-7-14(20)8-10-15)23(2)12-18(24)21-16-5-4-6-17(11-16)26-3/h4-11,13H,12H2,1-3H3,(H,21,24)(H,22,25)/p+1/t13-/m0/s1. The van der Waals surface area contributed by atoms with E-state index in [1.165, 1.54) is 0 Å². The lowest BCUT2D eigenvalue weighted by Gasteiger charge is -2.20. The van der Waals surface area contributed by atoms with Gasteiger partial charge in [-0.15, -0.1) is 0 Å². The smallest absolute Gasteiger partial charge is 0.282 e. The maximum absolute atomic E-state index is 12.4. The van der Waals surface area contributed by atoms with Crippen LogP contribution in [0.2, 0.25) is 0 Å². The average Bonchev–Trinajstić information content (AvgIpc) is 2.62. The van der Waals surface area contributed by atoms with Crippen LogP contribution in [0.25, 0.3) is 0 Å². The molecule has 0 aliphatic carbocycles. The van der Waals surface area contributed by atoms with E-state index in [1.54, 1.807) is 32.2 Å². The highest BCUT2D eigenvalue weighted by Gasteiger charge is 2.24. The summed E-state index contributed by atoms with van der Waals surface area (Å²) in [5, 5.41) is 5.68. The highest BCUT2D eigenvalue weighted by molar-refractivity contribution is 9.10. The largest absolute Gasteiger partial charge is 0.497 e. The summed E-state index contributed by atoms with van der Waals surface area (Å²) in [5.41, 5.74) is 1.38. The topological polar surface area (TPSA) is 71.9 Å². The van der Waals surface area contributed by atoms with Crippen molar-refractivity contribution in [2.75, 3.05) is 31.3 Å². The number of hydrogen-bond acceptors (Lipinski definition) is 3. The summed E-state index contributed by atoms with van der Waals surface area (Å²) in [4.78, 5) is 25.4. The molecule has 0 saturated heterocycles. The number of quaternary nitrogens is 1. The molecule has 0 heterocycles. The minimum atomic E-state index is -0.380. The van der Waals surface area contributed by atoms with Crippen LogP contribution >= 0.6 is 15.9 Å². The van der Waals surface area contributed by atoms with Crippen LogP contribution < -0.4 is 20.3 Å². The Morgan fingerprint density at radius 3 is 2.46 bits per heavy atom. The van der Waals surface area contributed by atoms with E-state index >= 15 is 0 Å². The van der Waals surface area contributed by atoms with Gasteiger partial charge in [0.25, 0.3) is 11.8 Å². The third-order valence-electron chi connectivity index (χ3n) is 4.04. The Morgan fingerprint density at radius 1 is 1.12 bits per heavy atom. The van der Waals surface area contributed by atoms with Crippen molar-refractivity contribution in [2.24, 2.45) is 0 Å². The van der Waals surface area contributed by atoms with Gasteiger partial charge in [0.05, 0.1) is 14.2 Å². The van der Waals surface area contributed by atoms with E-state index in [4.69, 9.17) is 4.74 Å². The molecule has 0 radical (unpaired) electrons. The zero-order chi connectivity index (χ0) is 19.1. The fourth-order valence-electron chi connectivity index (χ4n) is 2.32. The number of ether oxygens (including phenoxy) is 1. The van der Waals surface area contributed by atoms with Crippen molar-refractivity contribution in [3.8, 4) is 5.75 Å². The number of carbonyl (C=O) groups is 2. The highest BCUT2D eigenvalue weighted by Crippen LogP contribution is 2.16. The molecule has 3 N–H and O–H groups in total. The van der Waals surface area contributed by atoms with Gasteiger partial charge in [-0.05, 0) is 43.3 Å². The number of rotatable bonds is 7. The summed E-state index contributed by atoms with van der Waals surface area (Å²) < 4.78 is 6.08. The predicted molar refractivity (Wildman–Crippen MR) is 106 cm³/mol. The first kappa shape index (κ1) is 19.9. The lowest BCUT2D eigenvalue weighted by Crippen LogP contribution is -3.14. The van der Waals surface area contributed by atoms with Gasteiger partial charge in [0.15, 0.2) is 12.6 Å². The van der Waals surface area contributed by atoms with Gasteiger partial charge in [-0.25, -0.2) is 0 Å². The van der Waals surface area contributed by atoms with Gasteiger partial charge in [0.1, 0.15) is 5.75 Å². The normalized spacial score (nSPS) is 12.8. The van der Waals surface area contributed by atoms with Crippen LogP contribution in [0.1, 0.15) is 6.92 Å². The fourth-order valence-corrected chi connectivity index (χ4v) is 2.58. The lowest BCUT2D eigenvalue weighted by atomic mass is 10.2. The molecule has 1 unspecified atom stereocenters. The number of benzene rings is 2. The molecule has 0 fully saturated rings. The first-order valence-corrected chi connectivity index (χ1v) is 9.01. The molecule has 0 aliphatic heterocycles. The van der Waals surface area contributed by atoms with Gasteiger partial charge in [-0.2, -0.15) is 0 Å². The summed E-state index contributed by atoms with van der Waals surface area (Å²) >= 11 is 3.36. The summed E-state index contributed by atoms with van der Waals surface area (Å²) in [6.45, 7) is 1.97. The van der Waals surface area contributed by atoms with E-state index in [2.05, 4.69) is 26.6 Å². The van der Waals surface area contributed by atoms with Crippen LogP contribution in [0.15, 0.2) is 53.0 Å². The Balaban J connectivity index is 1.88. The lowest BCUT2D eigenvalue weighted by molar-refractivity contribution is -0.885. The molecule has 2 aromatic rings. The third kappa shape index (κ3) is 5.86. The van der Waals surface area contributed by atoms with E-state index in [9.17, 15) is 9.59 Å². The molecule has 6 nitrogen and oxygen atoms in total. The second-order valence-corrected chi connectivity index (χ2v) is 6.94. The van der Waals surface area contributed by atoms with Crippen molar-refractivity contribution in [2.45, 2.75) is 13.0 Å². The number of methoxy groups -OCH3 is 1. The number of hydrogen-bond donors (Lipinski definition) is 3. The molecular formula is C19H23BrN3O3+. The number of amides is 2. The summed E-state index contributed by atoms with van der Waals surface area (Å²) in [6.07, 6.45) is 0. The fraction of sp³-hybridized carbons (Fsp3) is 0.263. The highest BCUT2D eigenvalue weighted by atomic mass is 79.9. The molecule has 7 heteroatoms. The van der Waals surface area contributed by atoms with Crippen LogP contribution in [0.5, 0.6) is 5.75 Å². The van der Waals surface area contributed by atoms with E-state index in [1.807, 2.05) is 37.4 Å². The van der Waals surface area contributed by atoms with Crippen LogP contribution in [0.4, 0.5) is 11.4 Å². The Morgan fingerprint density at radius 2 is 1.81 bits per heavy atom. The van der Waals surface area contributed by atoms with Gasteiger partial charge >= 0.3 is 0 Å². The molecular weight excluding hydrogens is 398 g/mol. The number of halogens is 1. The average molecular weight is 421 g/mol. The minimum absolute atomic E-state index is 0.140. The number of nitrogens with one attached hydrogen (secondary N) is 3. The van der Waals surface area contributed by atoms with Crippen molar-refractivity contribution >= 4 is 39.1 Å². The van der Waals surface area contributed by atoms with Gasteiger partial charge in [-0.3, -0.25) is 9.59 Å². The van der Waals surface area contributed by atoms with Crippen molar-refractivity contribution in [1.29, 1.82) is 0 Å². The molecule has 2 amide bonds. The molecule has 0 aliphatic rings. The quantitative estimate of drug-likeness (QED) is 0.640. The van der Waals surface area contributed by atoms with E-state index < -0.39 is 0 Å². The van der Waals surface area contributed by atoms with Crippen LogP contribution in [0, 0.1) is 0 Å². The second-order valence-electron chi connectivity index (χ2n) is 6.02. The Labute approximate surface area is 161 Å². The van der Waals surface area contributed by atoms with Crippen LogP contribution in [-0.4, -0.2) is 38.6 Å². The van der Waals surface area contributed by atoms with Gasteiger partial charge < -0.3 is 20.3 Å². The first-order chi connectivity index (χ1) is 12.4. The molecule has 0 aromatic heterocycles. The molecule has 2 atom stereocenters. The zero-order valence-corrected chi connectivity index (χ0v) is 16.6. The summed E-state index contributed by atoms with van der Waals surface area (Å²) in [7, 11) is 3.39. The third-order valence-corrected chi connectivity index (χ3v) is 4.57. The van der Waals surface area contributed by atoms with Crippen molar-refractivity contribution in [1.82, 2.24) is 0 Å². The molecule has 2 rings (SSSR count). The SMILES string of the molecule is COc1cccc(NC(=O)C[NH+](C)[C@@H](C)C(=O)Nc2ccc(Br)cc2)c1. The van der Waals surface area contributed by atoms with Gasteiger partial charge in [0, 0.05) is 21.9 Å². The maximum atomic E-state index is 12.4. The van der Waals surface area contributed by atoms with Crippen molar-refractivity contribution in [3.05, 3.63) is 53.0 Å². The first-order valence-electron chi connectivity index (χ1n) is 8.21. The molecule has 2 aromatic carbocycles. The minimum Gasteiger partial charge on any atom is -0.497 e. The summed E-state index contributed by atoms with van der Waals surface area (Å²) in [5.74, 6) is 0.365. The van der Waals surface area contributed by atoms with E-state index in [0.29, 0.717) is 11.4 Å². The van der Waals surface area contributed by atoms with Gasteiger partial charge in [0.2, 0.25) is 0 Å². The predicted octanol–water partition coefficient (Wildman–Crippen LogP) is 1.94. The Bertz CT molecular complexity index is 765. The molecule has 26 heavy (non-hydrogen) atoms. The molecule has 138 valence electrons. The van der Waals surface area contributed by atoms with E-state index in [0.717, 1.165) is 15.1 Å². The number of carbonyl (C=O) groups excluding carboxylic acids is 2. The zero-order valence-electron chi connectivity index (χ0n) is 15.0. The van der Waals surface area contributed by atoms with Crippen molar-refractivity contribution in [3.63, 3.8) is 0 Å². The Kier molecular flexibility index (Phi) is 7.17. The van der Waals surface area contributed by atoms with Gasteiger partial charge in [-0.1, -0.05) is 22.0 Å². The van der Waals surface area contributed by atoms with E-state index in [-0.39, 0.29) is 24.4 Å². The molecule has 0 spiro atoms. The van der Waals surface area contributed by atoms with Crippen LogP contribution in [-0.2, 0) is 9.59 Å². The molecule has 0 bridgehead atoms. The number of anilines is 2. The number of likely N-dealkylation sites (N-methyl/N-ethyl adjacent to an activating group) is 1. The molecule has 0 saturated carbocycles. The van der Waals surface area contributed by atoms with Crippen LogP contribution in [0.3, 0.4) is 0 Å². The Hall–Kier alpha value is -2.38. The monoisotopic (exact) mass is 420 g/mol.